The van der Waals surface area contributed by atoms with Crippen molar-refractivity contribution in [2.45, 2.75) is 44.7 Å². The van der Waals surface area contributed by atoms with Gasteiger partial charge in [-0.05, 0) is 69.0 Å². The van der Waals surface area contributed by atoms with Gasteiger partial charge in [-0.15, -0.1) is 17.5 Å². The smallest absolute Gasteiger partial charge is 0.166 e. The summed E-state index contributed by atoms with van der Waals surface area (Å²) in [6.45, 7) is 1.83. The zero-order chi connectivity index (χ0) is 22.1. The molecule has 33 heavy (non-hydrogen) atoms. The highest BCUT2D eigenvalue weighted by atomic mass is 35.5. The minimum absolute atomic E-state index is 0. The Morgan fingerprint density at radius 2 is 1.76 bits per heavy atom. The molecule has 0 unspecified atom stereocenters. The first-order chi connectivity index (χ1) is 15.5. The first-order valence-electron chi connectivity index (χ1n) is 10.9. The molecule has 1 fully saturated rings. The second kappa shape index (κ2) is 9.72. The van der Waals surface area contributed by atoms with Crippen LogP contribution < -0.4 is 16.4 Å². The third kappa shape index (κ3) is 5.07. The van der Waals surface area contributed by atoms with Crippen LogP contribution in [0, 0.1) is 12.7 Å². The molecule has 3 aromatic heterocycles. The molecule has 4 N–H and O–H groups in total. The number of hydrogen-bond acceptors (Lipinski definition) is 6. The summed E-state index contributed by atoms with van der Waals surface area (Å²) in [4.78, 5) is 8.70. The number of rotatable bonds is 5. The molecular weight excluding hydrogens is 441 g/mol. The Morgan fingerprint density at radius 3 is 2.52 bits per heavy atom. The molecule has 1 aromatic carbocycles. The highest BCUT2D eigenvalue weighted by Gasteiger charge is 2.19. The van der Waals surface area contributed by atoms with Crippen molar-refractivity contribution in [1.82, 2.24) is 19.6 Å². The van der Waals surface area contributed by atoms with Crippen molar-refractivity contribution in [2.24, 2.45) is 5.73 Å². The van der Waals surface area contributed by atoms with Crippen molar-refractivity contribution in [3.05, 3.63) is 66.2 Å². The van der Waals surface area contributed by atoms with E-state index in [1.165, 1.54) is 6.07 Å². The SMILES string of the molecule is Cc1ccc(F)c(Nc2ccc(-c3cnc4ccc(NC5CCC(N)CC5)nn34)cc2)n1.Cl. The summed E-state index contributed by atoms with van der Waals surface area (Å²) in [5.41, 5.74) is 10.2. The van der Waals surface area contributed by atoms with E-state index in [2.05, 4.69) is 20.6 Å². The van der Waals surface area contributed by atoms with Gasteiger partial charge in [-0.2, -0.15) is 0 Å². The average Bonchev–Trinajstić information content (AvgIpc) is 3.22. The van der Waals surface area contributed by atoms with Crippen LogP contribution >= 0.6 is 12.4 Å². The normalized spacial score (nSPS) is 18.0. The summed E-state index contributed by atoms with van der Waals surface area (Å²) in [6.07, 6.45) is 6.01. The van der Waals surface area contributed by atoms with Crippen molar-refractivity contribution in [3.63, 3.8) is 0 Å². The fourth-order valence-electron chi connectivity index (χ4n) is 4.11. The van der Waals surface area contributed by atoms with Crippen LogP contribution in [-0.2, 0) is 0 Å². The summed E-state index contributed by atoms with van der Waals surface area (Å²) >= 11 is 0. The van der Waals surface area contributed by atoms with Crippen LogP contribution in [0.2, 0.25) is 0 Å². The molecule has 0 atom stereocenters. The summed E-state index contributed by atoms with van der Waals surface area (Å²) < 4.78 is 15.8. The van der Waals surface area contributed by atoms with Gasteiger partial charge < -0.3 is 16.4 Å². The minimum Gasteiger partial charge on any atom is -0.366 e. The van der Waals surface area contributed by atoms with Gasteiger partial charge in [0.2, 0.25) is 0 Å². The van der Waals surface area contributed by atoms with E-state index in [9.17, 15) is 4.39 Å². The first kappa shape index (κ1) is 22.9. The zero-order valence-corrected chi connectivity index (χ0v) is 19.1. The molecule has 0 aliphatic heterocycles. The fraction of sp³-hybridized carbons (Fsp3) is 0.292. The average molecular weight is 468 g/mol. The molecule has 0 saturated heterocycles. The van der Waals surface area contributed by atoms with Crippen molar-refractivity contribution in [1.29, 1.82) is 0 Å². The number of pyridine rings is 1. The third-order valence-electron chi connectivity index (χ3n) is 5.91. The van der Waals surface area contributed by atoms with Gasteiger partial charge in [0, 0.05) is 29.0 Å². The third-order valence-corrected chi connectivity index (χ3v) is 5.91. The number of imidazole rings is 1. The summed E-state index contributed by atoms with van der Waals surface area (Å²) in [5, 5.41) is 11.4. The number of nitrogens with zero attached hydrogens (tertiary/aromatic N) is 4. The van der Waals surface area contributed by atoms with Gasteiger partial charge in [0.15, 0.2) is 17.3 Å². The highest BCUT2D eigenvalue weighted by Crippen LogP contribution is 2.26. The number of aromatic nitrogens is 4. The second-order valence-corrected chi connectivity index (χ2v) is 8.37. The Bertz CT molecular complexity index is 1230. The molecule has 0 radical (unpaired) electrons. The number of benzene rings is 1. The number of nitrogens with two attached hydrogens (primary N) is 1. The predicted octanol–water partition coefficient (Wildman–Crippen LogP) is 5.09. The van der Waals surface area contributed by atoms with Crippen molar-refractivity contribution >= 4 is 35.4 Å². The number of aryl methyl sites for hydroxylation is 1. The van der Waals surface area contributed by atoms with Gasteiger partial charge in [0.05, 0.1) is 11.9 Å². The molecule has 0 spiro atoms. The van der Waals surface area contributed by atoms with Gasteiger partial charge >= 0.3 is 0 Å². The van der Waals surface area contributed by atoms with Crippen LogP contribution in [0.3, 0.4) is 0 Å². The molecule has 4 aromatic rings. The second-order valence-electron chi connectivity index (χ2n) is 8.37. The van der Waals surface area contributed by atoms with E-state index in [0.717, 1.165) is 59.8 Å². The van der Waals surface area contributed by atoms with Gasteiger partial charge in [-0.3, -0.25) is 0 Å². The van der Waals surface area contributed by atoms with Crippen molar-refractivity contribution < 1.29 is 4.39 Å². The Labute approximate surface area is 198 Å². The van der Waals surface area contributed by atoms with Gasteiger partial charge in [0.1, 0.15) is 5.82 Å². The van der Waals surface area contributed by atoms with Crippen LogP contribution in [0.1, 0.15) is 31.4 Å². The molecule has 172 valence electrons. The Morgan fingerprint density at radius 1 is 1.00 bits per heavy atom. The van der Waals surface area contributed by atoms with Gasteiger partial charge in [0.25, 0.3) is 0 Å². The van der Waals surface area contributed by atoms with E-state index in [0.29, 0.717) is 12.1 Å². The molecule has 7 nitrogen and oxygen atoms in total. The largest absolute Gasteiger partial charge is 0.366 e. The zero-order valence-electron chi connectivity index (χ0n) is 18.3. The number of fused-ring (bicyclic) bond motifs is 1. The van der Waals surface area contributed by atoms with E-state index in [1.807, 2.05) is 54.0 Å². The van der Waals surface area contributed by atoms with Crippen LogP contribution in [0.15, 0.2) is 54.7 Å². The number of halogens is 2. The Hall–Kier alpha value is -3.23. The van der Waals surface area contributed by atoms with E-state index in [-0.39, 0.29) is 24.0 Å². The molecule has 0 amide bonds. The molecule has 1 aliphatic rings. The standard InChI is InChI=1S/C24H26FN7.ClH/c1-15-2-11-20(25)24(28-15)30-19-7-3-16(4-8-19)21-14-27-23-13-12-22(31-32(21)23)29-18-9-5-17(26)6-10-18;/h2-4,7-8,11-14,17-18H,5-6,9-10,26H2,1H3,(H,28,30)(H,29,31);1H. The maximum atomic E-state index is 14.0. The van der Waals surface area contributed by atoms with E-state index in [4.69, 9.17) is 10.8 Å². The van der Waals surface area contributed by atoms with E-state index < -0.39 is 0 Å². The summed E-state index contributed by atoms with van der Waals surface area (Å²) in [7, 11) is 0. The minimum atomic E-state index is -0.384. The summed E-state index contributed by atoms with van der Waals surface area (Å²) in [5.74, 6) is 0.663. The van der Waals surface area contributed by atoms with Crippen molar-refractivity contribution in [3.8, 4) is 11.3 Å². The first-order valence-corrected chi connectivity index (χ1v) is 10.9. The lowest BCUT2D eigenvalue weighted by Gasteiger charge is -2.27. The molecule has 9 heteroatoms. The summed E-state index contributed by atoms with van der Waals surface area (Å²) in [6, 6.07) is 15.4. The monoisotopic (exact) mass is 467 g/mol. The van der Waals surface area contributed by atoms with E-state index >= 15 is 0 Å². The lowest BCUT2D eigenvalue weighted by Crippen LogP contribution is -2.33. The molecule has 1 aliphatic carbocycles. The van der Waals surface area contributed by atoms with Gasteiger partial charge in [-0.1, -0.05) is 12.1 Å². The van der Waals surface area contributed by atoms with Crippen LogP contribution in [-0.4, -0.2) is 31.7 Å². The topological polar surface area (TPSA) is 93.2 Å². The van der Waals surface area contributed by atoms with Crippen LogP contribution in [0.25, 0.3) is 16.9 Å². The maximum absolute atomic E-state index is 14.0. The van der Waals surface area contributed by atoms with Crippen molar-refractivity contribution in [2.75, 3.05) is 10.6 Å². The fourth-order valence-corrected chi connectivity index (χ4v) is 4.11. The van der Waals surface area contributed by atoms with E-state index in [1.54, 1.807) is 6.07 Å². The quantitative estimate of drug-likeness (QED) is 0.378. The van der Waals surface area contributed by atoms with Crippen LogP contribution in [0.5, 0.6) is 0 Å². The Balaban J connectivity index is 0.00000259. The molecule has 1 saturated carbocycles. The van der Waals surface area contributed by atoms with Crippen LogP contribution in [0.4, 0.5) is 21.7 Å². The molecule has 3 heterocycles. The maximum Gasteiger partial charge on any atom is 0.166 e. The lowest BCUT2D eigenvalue weighted by atomic mass is 9.92. The number of hydrogen-bond donors (Lipinski definition) is 3. The number of nitrogens with one attached hydrogen (secondary N) is 2. The Kier molecular flexibility index (Phi) is 6.76. The van der Waals surface area contributed by atoms with Gasteiger partial charge in [-0.25, -0.2) is 18.9 Å². The predicted molar refractivity (Wildman–Crippen MR) is 132 cm³/mol. The number of anilines is 3. The lowest BCUT2D eigenvalue weighted by molar-refractivity contribution is 0.410. The highest BCUT2D eigenvalue weighted by molar-refractivity contribution is 5.85. The molecular formula is C24H27ClFN7. The molecule has 0 bridgehead atoms. The molecule has 5 rings (SSSR count).